The first-order valence-electron chi connectivity index (χ1n) is 8.39. The van der Waals surface area contributed by atoms with Gasteiger partial charge < -0.3 is 21.1 Å². The minimum absolute atomic E-state index is 0.235. The van der Waals surface area contributed by atoms with E-state index in [1.807, 2.05) is 6.07 Å². The molecule has 5 nitrogen and oxygen atoms in total. The highest BCUT2D eigenvalue weighted by atomic mass is 19.1. The molecular formula is C19H22FN3O2. The van der Waals surface area contributed by atoms with Gasteiger partial charge in [-0.25, -0.2) is 4.39 Å². The molecule has 0 saturated carbocycles. The molecule has 0 aromatic heterocycles. The number of hydrogen-bond acceptors (Lipinski definition) is 4. The minimum atomic E-state index is -0.890. The Morgan fingerprint density at radius 1 is 1.28 bits per heavy atom. The van der Waals surface area contributed by atoms with Crippen molar-refractivity contribution in [3.63, 3.8) is 0 Å². The molecule has 0 radical (unpaired) electrons. The molecule has 6 heteroatoms. The Labute approximate surface area is 146 Å². The van der Waals surface area contributed by atoms with Gasteiger partial charge in [-0.3, -0.25) is 4.79 Å². The largest absolute Gasteiger partial charge is 0.389 e. The van der Waals surface area contributed by atoms with Crippen LogP contribution in [0, 0.1) is 5.82 Å². The number of carbonyl (C=O) groups excluding carboxylic acids is 1. The van der Waals surface area contributed by atoms with Crippen LogP contribution in [0.4, 0.5) is 21.5 Å². The molecule has 2 aromatic rings. The summed E-state index contributed by atoms with van der Waals surface area (Å²) in [6.45, 7) is 3.26. The zero-order valence-corrected chi connectivity index (χ0v) is 14.1. The van der Waals surface area contributed by atoms with Gasteiger partial charge in [-0.1, -0.05) is 12.1 Å². The lowest BCUT2D eigenvalue weighted by Crippen LogP contribution is -2.23. The quantitative estimate of drug-likeness (QED) is 0.778. The van der Waals surface area contributed by atoms with Crippen molar-refractivity contribution in [2.24, 2.45) is 5.73 Å². The van der Waals surface area contributed by atoms with Crippen LogP contribution in [0.15, 0.2) is 36.4 Å². The fourth-order valence-corrected chi connectivity index (χ4v) is 3.16. The number of rotatable bonds is 5. The van der Waals surface area contributed by atoms with Gasteiger partial charge >= 0.3 is 0 Å². The van der Waals surface area contributed by atoms with Gasteiger partial charge in [0, 0.05) is 24.3 Å². The van der Waals surface area contributed by atoms with Crippen molar-refractivity contribution in [2.75, 3.05) is 23.3 Å². The van der Waals surface area contributed by atoms with Crippen LogP contribution in [0.3, 0.4) is 0 Å². The lowest BCUT2D eigenvalue weighted by Gasteiger charge is -2.22. The first-order valence-corrected chi connectivity index (χ1v) is 8.39. The Balaban J connectivity index is 1.95. The van der Waals surface area contributed by atoms with Crippen molar-refractivity contribution in [2.45, 2.75) is 25.9 Å². The molecule has 1 atom stereocenters. The summed E-state index contributed by atoms with van der Waals surface area (Å²) in [4.78, 5) is 13.8. The van der Waals surface area contributed by atoms with E-state index < -0.39 is 17.8 Å². The molecule has 1 heterocycles. The van der Waals surface area contributed by atoms with E-state index in [-0.39, 0.29) is 11.3 Å². The summed E-state index contributed by atoms with van der Waals surface area (Å²) in [6, 6.07) is 10.0. The zero-order chi connectivity index (χ0) is 18.0. The number of aliphatic hydroxyl groups is 1. The van der Waals surface area contributed by atoms with E-state index in [1.54, 1.807) is 30.3 Å². The summed E-state index contributed by atoms with van der Waals surface area (Å²) in [5.41, 5.74) is 7.89. The number of nitrogens with one attached hydrogen (secondary N) is 1. The number of carbonyl (C=O) groups is 1. The molecule has 1 saturated heterocycles. The van der Waals surface area contributed by atoms with E-state index >= 15 is 0 Å². The predicted molar refractivity (Wildman–Crippen MR) is 96.7 cm³/mol. The average molecular weight is 343 g/mol. The Morgan fingerprint density at radius 2 is 2.00 bits per heavy atom. The third-order valence-corrected chi connectivity index (χ3v) is 4.47. The maximum absolute atomic E-state index is 14.5. The molecule has 132 valence electrons. The van der Waals surface area contributed by atoms with E-state index in [0.29, 0.717) is 11.3 Å². The molecule has 1 amide bonds. The van der Waals surface area contributed by atoms with Crippen molar-refractivity contribution in [3.05, 3.63) is 53.3 Å². The summed E-state index contributed by atoms with van der Waals surface area (Å²) in [7, 11) is 0. The third-order valence-electron chi connectivity index (χ3n) is 4.47. The van der Waals surface area contributed by atoms with Gasteiger partial charge in [-0.2, -0.15) is 0 Å². The molecule has 1 aliphatic rings. The fraction of sp³-hybridized carbons (Fsp3) is 0.316. The SMILES string of the molecule is CC(O)c1cccc(Nc2ccc(C(N)=O)c(N3CCCC3)c2)c1F. The maximum atomic E-state index is 14.5. The molecule has 0 spiro atoms. The van der Waals surface area contributed by atoms with Crippen LogP contribution in [0.25, 0.3) is 0 Å². The number of aliphatic hydroxyl groups excluding tert-OH is 1. The van der Waals surface area contributed by atoms with Gasteiger partial charge in [0.1, 0.15) is 0 Å². The molecule has 25 heavy (non-hydrogen) atoms. The standard InChI is InChI=1S/C19H22FN3O2/c1-12(24)14-5-4-6-16(18(14)20)22-13-7-8-15(19(21)25)17(11-13)23-9-2-3-10-23/h4-8,11-12,22,24H,2-3,9-10H2,1H3,(H2,21,25). The molecule has 1 unspecified atom stereocenters. The van der Waals surface area contributed by atoms with E-state index in [0.717, 1.165) is 31.6 Å². The lowest BCUT2D eigenvalue weighted by molar-refractivity contribution is 0.100. The number of nitrogens with two attached hydrogens (primary N) is 1. The van der Waals surface area contributed by atoms with Gasteiger partial charge in [0.05, 0.1) is 23.0 Å². The Bertz CT molecular complexity index is 786. The first-order chi connectivity index (χ1) is 12.0. The molecule has 1 fully saturated rings. The van der Waals surface area contributed by atoms with E-state index in [1.165, 1.54) is 6.92 Å². The lowest BCUT2D eigenvalue weighted by atomic mass is 10.1. The molecular weight excluding hydrogens is 321 g/mol. The molecule has 0 bridgehead atoms. The number of amides is 1. The molecule has 1 aliphatic heterocycles. The third kappa shape index (κ3) is 3.58. The van der Waals surface area contributed by atoms with E-state index in [9.17, 15) is 14.3 Å². The summed E-state index contributed by atoms with van der Waals surface area (Å²) in [5.74, 6) is -0.963. The summed E-state index contributed by atoms with van der Waals surface area (Å²) in [5, 5.41) is 12.7. The van der Waals surface area contributed by atoms with Crippen LogP contribution < -0.4 is 16.0 Å². The monoisotopic (exact) mass is 343 g/mol. The highest BCUT2D eigenvalue weighted by Gasteiger charge is 2.19. The highest BCUT2D eigenvalue weighted by Crippen LogP contribution is 2.31. The van der Waals surface area contributed by atoms with Gasteiger partial charge in [0.15, 0.2) is 5.82 Å². The fourth-order valence-electron chi connectivity index (χ4n) is 3.16. The Hall–Kier alpha value is -2.60. The topological polar surface area (TPSA) is 78.6 Å². The van der Waals surface area contributed by atoms with Crippen LogP contribution >= 0.6 is 0 Å². The summed E-state index contributed by atoms with van der Waals surface area (Å²) < 4.78 is 14.5. The number of anilines is 3. The van der Waals surface area contributed by atoms with Gasteiger partial charge in [-0.15, -0.1) is 0 Å². The second kappa shape index (κ2) is 7.11. The second-order valence-electron chi connectivity index (χ2n) is 6.30. The molecule has 4 N–H and O–H groups in total. The second-order valence-corrected chi connectivity index (χ2v) is 6.30. The van der Waals surface area contributed by atoms with Crippen molar-refractivity contribution >= 4 is 23.0 Å². The number of benzene rings is 2. The van der Waals surface area contributed by atoms with Crippen LogP contribution in [-0.4, -0.2) is 24.1 Å². The van der Waals surface area contributed by atoms with E-state index in [4.69, 9.17) is 5.73 Å². The number of hydrogen-bond donors (Lipinski definition) is 3. The van der Waals surface area contributed by atoms with Crippen LogP contribution in [-0.2, 0) is 0 Å². The highest BCUT2D eigenvalue weighted by molar-refractivity contribution is 5.99. The van der Waals surface area contributed by atoms with Crippen LogP contribution in [0.5, 0.6) is 0 Å². The predicted octanol–water partition coefficient (Wildman–Crippen LogP) is 3.32. The number of halogens is 1. The van der Waals surface area contributed by atoms with Crippen molar-refractivity contribution in [1.29, 1.82) is 0 Å². The normalized spacial score (nSPS) is 15.2. The Kier molecular flexibility index (Phi) is 4.90. The van der Waals surface area contributed by atoms with Crippen molar-refractivity contribution < 1.29 is 14.3 Å². The molecule has 2 aromatic carbocycles. The minimum Gasteiger partial charge on any atom is -0.389 e. The summed E-state index contributed by atoms with van der Waals surface area (Å²) in [6.07, 6.45) is 1.25. The van der Waals surface area contributed by atoms with Crippen molar-refractivity contribution in [1.82, 2.24) is 0 Å². The number of nitrogens with zero attached hydrogens (tertiary/aromatic N) is 1. The summed E-state index contributed by atoms with van der Waals surface area (Å²) >= 11 is 0. The van der Waals surface area contributed by atoms with Crippen LogP contribution in [0.1, 0.15) is 41.8 Å². The molecule has 3 rings (SSSR count). The maximum Gasteiger partial charge on any atom is 0.250 e. The van der Waals surface area contributed by atoms with Gasteiger partial charge in [0.2, 0.25) is 0 Å². The number of primary amides is 1. The van der Waals surface area contributed by atoms with Crippen LogP contribution in [0.2, 0.25) is 0 Å². The van der Waals surface area contributed by atoms with E-state index in [2.05, 4.69) is 10.2 Å². The van der Waals surface area contributed by atoms with Crippen molar-refractivity contribution in [3.8, 4) is 0 Å². The first kappa shape index (κ1) is 17.2. The molecule has 0 aliphatic carbocycles. The zero-order valence-electron chi connectivity index (χ0n) is 14.1. The van der Waals surface area contributed by atoms with Gasteiger partial charge in [-0.05, 0) is 44.0 Å². The van der Waals surface area contributed by atoms with Gasteiger partial charge in [0.25, 0.3) is 5.91 Å². The smallest absolute Gasteiger partial charge is 0.250 e. The Morgan fingerprint density at radius 3 is 2.64 bits per heavy atom. The average Bonchev–Trinajstić information content (AvgIpc) is 3.10.